The van der Waals surface area contributed by atoms with Crippen molar-refractivity contribution in [2.24, 2.45) is 5.16 Å². The predicted molar refractivity (Wildman–Crippen MR) is 135 cm³/mol. The predicted octanol–water partition coefficient (Wildman–Crippen LogP) is 1.29. The number of oxime groups is 1. The third kappa shape index (κ3) is 6.07. The van der Waals surface area contributed by atoms with E-state index in [4.69, 9.17) is 20.0 Å². The first-order valence-electron chi connectivity index (χ1n) is 11.7. The van der Waals surface area contributed by atoms with Gasteiger partial charge in [-0.15, -0.1) is 11.8 Å². The zero-order chi connectivity index (χ0) is 27.4. The molecule has 4 unspecified atom stereocenters. The number of carbonyl (C=O) groups excluding carboxylic acids is 4. The number of nitrogens with zero attached hydrogens (tertiary/aromatic N) is 4. The summed E-state index contributed by atoms with van der Waals surface area (Å²) in [5.41, 5.74) is 5.43. The van der Waals surface area contributed by atoms with Gasteiger partial charge in [-0.05, 0) is 38.8 Å². The first-order chi connectivity index (χ1) is 18.2. The Bertz CT molecular complexity index is 1200. The molecule has 1 aromatic heterocycles. The van der Waals surface area contributed by atoms with Crippen LogP contribution in [0, 0.1) is 0 Å². The molecule has 0 bridgehead atoms. The van der Waals surface area contributed by atoms with Crippen LogP contribution in [0.25, 0.3) is 0 Å². The minimum atomic E-state index is -1.25. The minimum absolute atomic E-state index is 0.0183. The molecule has 1 fully saturated rings. The lowest BCUT2D eigenvalue weighted by molar-refractivity contribution is -0.168. The Balaban J connectivity index is 1.44. The molecule has 14 nitrogen and oxygen atoms in total. The van der Waals surface area contributed by atoms with E-state index in [1.165, 1.54) is 23.6 Å². The van der Waals surface area contributed by atoms with Gasteiger partial charge in [-0.1, -0.05) is 11.2 Å². The summed E-state index contributed by atoms with van der Waals surface area (Å²) in [5.74, 6) is -2.15. The number of ether oxygens (including phenoxy) is 3. The van der Waals surface area contributed by atoms with Crippen LogP contribution >= 0.6 is 23.3 Å². The van der Waals surface area contributed by atoms with Crippen molar-refractivity contribution in [3.8, 4) is 0 Å². The standard InChI is InChI=1S/C22H26N6O8S2/c1-4-33-22(32)35-11(3)34-20(31)13-9-10(2)37-19-15(18(30)28(13)19)24-17(29)14(16-25-21(23)38-27-16)26-36-12-7-5-6-8-12/h5,7,9-12,15,19H,4,6,8H2,1-3H3,(H,24,29)(H2,23,25,27)/t10?,11?,12?,15?,19-/m0/s1. The van der Waals surface area contributed by atoms with Gasteiger partial charge < -0.3 is 30.1 Å². The highest BCUT2D eigenvalue weighted by Crippen LogP contribution is 2.41. The van der Waals surface area contributed by atoms with Gasteiger partial charge in [0, 0.05) is 23.7 Å². The number of anilines is 1. The Hall–Kier alpha value is -3.66. The number of thioether (sulfide) groups is 1. The van der Waals surface area contributed by atoms with Crippen LogP contribution in [0.5, 0.6) is 0 Å². The average Bonchev–Trinajstić information content (AvgIpc) is 3.54. The van der Waals surface area contributed by atoms with Gasteiger partial charge in [-0.2, -0.15) is 9.36 Å². The molecule has 4 rings (SSSR count). The van der Waals surface area contributed by atoms with Gasteiger partial charge in [0.25, 0.3) is 11.8 Å². The van der Waals surface area contributed by atoms with Gasteiger partial charge in [-0.25, -0.2) is 9.59 Å². The third-order valence-electron chi connectivity index (χ3n) is 5.46. The van der Waals surface area contributed by atoms with Crippen molar-refractivity contribution in [1.82, 2.24) is 19.6 Å². The molecule has 2 aliphatic heterocycles. The third-order valence-corrected chi connectivity index (χ3v) is 7.33. The summed E-state index contributed by atoms with van der Waals surface area (Å²) in [5, 5.41) is 5.96. The van der Waals surface area contributed by atoms with Crippen LogP contribution in [-0.2, 0) is 33.4 Å². The van der Waals surface area contributed by atoms with Crippen molar-refractivity contribution in [2.45, 2.75) is 62.7 Å². The van der Waals surface area contributed by atoms with E-state index in [9.17, 15) is 19.2 Å². The molecular weight excluding hydrogens is 540 g/mol. The molecule has 1 saturated heterocycles. The van der Waals surface area contributed by atoms with Crippen molar-refractivity contribution < 1.29 is 38.2 Å². The molecule has 1 aromatic rings. The summed E-state index contributed by atoms with van der Waals surface area (Å²) in [6.45, 7) is 4.87. The zero-order valence-corrected chi connectivity index (χ0v) is 22.3. The number of rotatable bonds is 9. The number of amides is 2. The summed E-state index contributed by atoms with van der Waals surface area (Å²) >= 11 is 2.25. The number of fused-ring (bicyclic) bond motifs is 1. The lowest BCUT2D eigenvalue weighted by Gasteiger charge is -2.49. The lowest BCUT2D eigenvalue weighted by atomic mass is 10.0. The van der Waals surface area contributed by atoms with Crippen molar-refractivity contribution in [2.75, 3.05) is 12.3 Å². The summed E-state index contributed by atoms with van der Waals surface area (Å²) in [6.07, 6.45) is 4.36. The van der Waals surface area contributed by atoms with Crippen LogP contribution < -0.4 is 11.1 Å². The number of nitrogens with one attached hydrogen (secondary N) is 1. The average molecular weight is 567 g/mol. The van der Waals surface area contributed by atoms with E-state index in [1.54, 1.807) is 13.0 Å². The minimum Gasteiger partial charge on any atom is -0.435 e. The van der Waals surface area contributed by atoms with Crippen LogP contribution in [-0.4, -0.2) is 79.6 Å². The first kappa shape index (κ1) is 27.4. The molecule has 2 amide bonds. The van der Waals surface area contributed by atoms with Crippen LogP contribution in [0.4, 0.5) is 9.93 Å². The number of hydrogen-bond acceptors (Lipinski definition) is 14. The topological polar surface area (TPSA) is 185 Å². The Labute approximate surface area is 225 Å². The van der Waals surface area contributed by atoms with Crippen molar-refractivity contribution in [1.29, 1.82) is 0 Å². The molecule has 0 aromatic carbocycles. The van der Waals surface area contributed by atoms with Gasteiger partial charge in [-0.3, -0.25) is 14.5 Å². The number of esters is 1. The molecule has 1 aliphatic carbocycles. The second kappa shape index (κ2) is 11.8. The smallest absolute Gasteiger partial charge is 0.435 e. The van der Waals surface area contributed by atoms with E-state index < -0.39 is 41.6 Å². The Morgan fingerprint density at radius 2 is 2.13 bits per heavy atom. The first-order valence-corrected chi connectivity index (χ1v) is 13.4. The quantitative estimate of drug-likeness (QED) is 0.109. The molecule has 0 radical (unpaired) electrons. The van der Waals surface area contributed by atoms with E-state index in [0.717, 1.165) is 18.0 Å². The highest BCUT2D eigenvalue weighted by molar-refractivity contribution is 8.00. The summed E-state index contributed by atoms with van der Waals surface area (Å²) in [6, 6.07) is -0.966. The number of allylic oxidation sites excluding steroid dienone is 1. The highest BCUT2D eigenvalue weighted by atomic mass is 32.2. The SMILES string of the molecule is CCOC(=O)OC(C)OC(=O)C1=CC(C)S[C@H]2C(NC(=O)C(=NOC3C=CCC3)c3nsc(N)n3)C(=O)N12. The zero-order valence-electron chi connectivity index (χ0n) is 20.7. The number of nitrogen functional groups attached to an aromatic ring is 1. The van der Waals surface area contributed by atoms with Crippen LogP contribution in [0.15, 0.2) is 29.1 Å². The van der Waals surface area contributed by atoms with Crippen LogP contribution in [0.3, 0.4) is 0 Å². The number of carbonyl (C=O) groups is 4. The number of nitrogens with two attached hydrogens (primary N) is 1. The summed E-state index contributed by atoms with van der Waals surface area (Å²) in [7, 11) is 0. The molecule has 3 N–H and O–H groups in total. The highest BCUT2D eigenvalue weighted by Gasteiger charge is 2.54. The molecule has 0 spiro atoms. The summed E-state index contributed by atoms with van der Waals surface area (Å²) in [4.78, 5) is 61.2. The van der Waals surface area contributed by atoms with E-state index in [-0.39, 0.29) is 40.3 Å². The van der Waals surface area contributed by atoms with Gasteiger partial charge in [0.2, 0.25) is 17.8 Å². The van der Waals surface area contributed by atoms with E-state index in [0.29, 0.717) is 6.42 Å². The van der Waals surface area contributed by atoms with Crippen molar-refractivity contribution in [3.05, 3.63) is 29.7 Å². The molecule has 3 heterocycles. The Morgan fingerprint density at radius 3 is 2.79 bits per heavy atom. The molecule has 204 valence electrons. The van der Waals surface area contributed by atoms with E-state index >= 15 is 0 Å². The van der Waals surface area contributed by atoms with Crippen LogP contribution in [0.2, 0.25) is 0 Å². The molecule has 38 heavy (non-hydrogen) atoms. The number of β-lactam (4-membered cyclic amide) rings is 1. The van der Waals surface area contributed by atoms with Gasteiger partial charge in [0.05, 0.1) is 6.61 Å². The second-order valence-electron chi connectivity index (χ2n) is 8.26. The maximum absolute atomic E-state index is 13.2. The number of aromatic nitrogens is 2. The van der Waals surface area contributed by atoms with Crippen LogP contribution in [0.1, 0.15) is 39.4 Å². The fourth-order valence-electron chi connectivity index (χ4n) is 3.78. The van der Waals surface area contributed by atoms with Crippen molar-refractivity contribution in [3.63, 3.8) is 0 Å². The lowest BCUT2D eigenvalue weighted by Crippen LogP contribution is -2.71. The van der Waals surface area contributed by atoms with Gasteiger partial charge >= 0.3 is 12.1 Å². The monoisotopic (exact) mass is 566 g/mol. The van der Waals surface area contributed by atoms with Crippen molar-refractivity contribution >= 4 is 58.1 Å². The van der Waals surface area contributed by atoms with Gasteiger partial charge in [0.15, 0.2) is 5.13 Å². The maximum Gasteiger partial charge on any atom is 0.511 e. The second-order valence-corrected chi connectivity index (χ2v) is 10.5. The Morgan fingerprint density at radius 1 is 1.34 bits per heavy atom. The van der Waals surface area contributed by atoms with Gasteiger partial charge in [0.1, 0.15) is 23.2 Å². The van der Waals surface area contributed by atoms with E-state index in [1.807, 2.05) is 19.1 Å². The molecular formula is C22H26N6O8S2. The Kier molecular flexibility index (Phi) is 8.51. The number of hydrogen-bond donors (Lipinski definition) is 2. The molecule has 16 heteroatoms. The fraction of sp³-hybridized carbons (Fsp3) is 0.500. The maximum atomic E-state index is 13.2. The summed E-state index contributed by atoms with van der Waals surface area (Å²) < 4.78 is 18.7. The normalized spacial score (nSPS) is 25.0. The molecule has 5 atom stereocenters. The van der Waals surface area contributed by atoms with E-state index in [2.05, 4.69) is 24.6 Å². The molecule has 3 aliphatic rings. The fourth-order valence-corrected chi connectivity index (χ4v) is 5.54. The largest absolute Gasteiger partial charge is 0.511 e. The molecule has 0 saturated carbocycles.